The van der Waals surface area contributed by atoms with Gasteiger partial charge in [0.1, 0.15) is 11.4 Å². The summed E-state index contributed by atoms with van der Waals surface area (Å²) in [4.78, 5) is 7.90. The fourth-order valence-corrected chi connectivity index (χ4v) is 4.48. The van der Waals surface area contributed by atoms with Gasteiger partial charge in [0.2, 0.25) is 0 Å². The van der Waals surface area contributed by atoms with Crippen molar-refractivity contribution < 1.29 is 13.2 Å². The maximum absolute atomic E-state index is 13.7. The molecule has 33 heavy (non-hydrogen) atoms. The van der Waals surface area contributed by atoms with Gasteiger partial charge in [-0.2, -0.15) is 18.4 Å². The minimum atomic E-state index is -4.70. The van der Waals surface area contributed by atoms with Gasteiger partial charge in [0, 0.05) is 12.2 Å². The molecule has 3 rings (SSSR count). The molecule has 1 heterocycles. The fraction of sp³-hybridized carbons (Fsp3) is 0.304. The first-order chi connectivity index (χ1) is 15.4. The highest BCUT2D eigenvalue weighted by Gasteiger charge is 2.49. The van der Waals surface area contributed by atoms with E-state index in [1.165, 1.54) is 11.0 Å². The van der Waals surface area contributed by atoms with Gasteiger partial charge < -0.3 is 10.2 Å². The first-order valence-corrected chi connectivity index (χ1v) is 10.9. The smallest absolute Gasteiger partial charge is 0.361 e. The summed E-state index contributed by atoms with van der Waals surface area (Å²) < 4.78 is 41.0. The molecule has 1 saturated heterocycles. The molecular weight excluding hydrogens is 467 g/mol. The second-order valence-corrected chi connectivity index (χ2v) is 8.66. The summed E-state index contributed by atoms with van der Waals surface area (Å²) in [6.07, 6.45) is -4.70. The van der Waals surface area contributed by atoms with Gasteiger partial charge in [0.25, 0.3) is 0 Å². The third-order valence-electron chi connectivity index (χ3n) is 5.28. The average Bonchev–Trinajstić information content (AvgIpc) is 2.92. The van der Waals surface area contributed by atoms with Gasteiger partial charge in [-0.15, -0.1) is 0 Å². The molecule has 0 unspecified atom stereocenters. The topological polar surface area (TPSA) is 54.7 Å². The zero-order valence-corrected chi connectivity index (χ0v) is 20.1. The molecule has 1 N–H and O–H groups in total. The number of anilines is 2. The number of nitriles is 1. The van der Waals surface area contributed by atoms with E-state index in [2.05, 4.69) is 10.3 Å². The molecule has 1 fully saturated rings. The molecule has 2 aromatic carbocycles. The summed E-state index contributed by atoms with van der Waals surface area (Å²) in [5.74, 6) is 0.375. The second-order valence-electron chi connectivity index (χ2n) is 7.91. The molecule has 0 radical (unpaired) electrons. The van der Waals surface area contributed by atoms with Gasteiger partial charge >= 0.3 is 6.18 Å². The number of benzene rings is 2. The summed E-state index contributed by atoms with van der Waals surface area (Å²) >= 11 is 11.1. The predicted octanol–water partition coefficient (Wildman–Crippen LogP) is 5.57. The van der Waals surface area contributed by atoms with Crippen molar-refractivity contribution in [1.29, 1.82) is 5.26 Å². The number of para-hydroxylation sites is 1. The molecule has 0 saturated carbocycles. The quantitative estimate of drug-likeness (QED) is 0.569. The summed E-state index contributed by atoms with van der Waals surface area (Å²) in [6.45, 7) is 8.10. The van der Waals surface area contributed by atoms with Crippen LogP contribution in [0.5, 0.6) is 0 Å². The third-order valence-corrected chi connectivity index (χ3v) is 5.88. The van der Waals surface area contributed by atoms with Crippen molar-refractivity contribution in [2.24, 2.45) is 4.99 Å². The van der Waals surface area contributed by atoms with E-state index in [9.17, 15) is 18.4 Å². The van der Waals surface area contributed by atoms with Crippen molar-refractivity contribution in [2.45, 2.75) is 39.4 Å². The lowest BCUT2D eigenvalue weighted by Gasteiger charge is -2.32. The predicted molar refractivity (Wildman–Crippen MR) is 133 cm³/mol. The number of thiocarbonyl (C=S) groups is 2. The highest BCUT2D eigenvalue weighted by Crippen LogP contribution is 2.40. The lowest BCUT2D eigenvalue weighted by Crippen LogP contribution is -2.45. The Morgan fingerprint density at radius 3 is 2.45 bits per heavy atom. The van der Waals surface area contributed by atoms with Crippen molar-refractivity contribution in [2.75, 3.05) is 16.3 Å². The Kier molecular flexibility index (Phi) is 6.77. The number of halogens is 3. The van der Waals surface area contributed by atoms with Crippen LogP contribution in [0.15, 0.2) is 47.5 Å². The summed E-state index contributed by atoms with van der Waals surface area (Å²) in [5.41, 5.74) is -0.441. The fourth-order valence-electron chi connectivity index (χ4n) is 3.73. The van der Waals surface area contributed by atoms with Crippen LogP contribution < -0.4 is 15.1 Å². The molecule has 0 bridgehead atoms. The summed E-state index contributed by atoms with van der Waals surface area (Å²) in [7, 11) is 0. The zero-order valence-electron chi connectivity index (χ0n) is 18.5. The van der Waals surface area contributed by atoms with E-state index in [4.69, 9.17) is 24.4 Å². The van der Waals surface area contributed by atoms with E-state index in [0.717, 1.165) is 23.4 Å². The maximum atomic E-state index is 13.7. The van der Waals surface area contributed by atoms with Gasteiger partial charge in [-0.25, -0.2) is 4.99 Å². The molecule has 5 nitrogen and oxygen atoms in total. The van der Waals surface area contributed by atoms with E-state index >= 15 is 0 Å². The number of amidine groups is 1. The molecule has 0 atom stereocenters. The van der Waals surface area contributed by atoms with Gasteiger partial charge in [-0.1, -0.05) is 18.2 Å². The van der Waals surface area contributed by atoms with Crippen molar-refractivity contribution in [3.05, 3.63) is 59.2 Å². The zero-order chi connectivity index (χ0) is 24.6. The lowest BCUT2D eigenvalue weighted by molar-refractivity contribution is -0.137. The van der Waals surface area contributed by atoms with Crippen LogP contribution in [-0.4, -0.2) is 28.1 Å². The number of aryl methyl sites for hydroxylation is 1. The molecule has 10 heteroatoms. The molecule has 0 amide bonds. The molecule has 0 aromatic heterocycles. The number of nitrogens with one attached hydrogen (secondary N) is 1. The first kappa shape index (κ1) is 24.6. The van der Waals surface area contributed by atoms with E-state index in [-0.39, 0.29) is 15.9 Å². The van der Waals surface area contributed by atoms with E-state index in [1.54, 1.807) is 6.07 Å². The minimum absolute atomic E-state index is 0.147. The molecule has 0 aliphatic carbocycles. The van der Waals surface area contributed by atoms with E-state index in [1.807, 2.05) is 56.9 Å². The Balaban J connectivity index is 2.26. The Morgan fingerprint density at radius 2 is 1.88 bits per heavy atom. The van der Waals surface area contributed by atoms with Crippen LogP contribution >= 0.6 is 24.4 Å². The summed E-state index contributed by atoms with van der Waals surface area (Å²) in [5, 5.41) is 12.6. The highest BCUT2D eigenvalue weighted by atomic mass is 32.1. The average molecular weight is 490 g/mol. The van der Waals surface area contributed by atoms with Crippen LogP contribution in [0.3, 0.4) is 0 Å². The molecule has 172 valence electrons. The summed E-state index contributed by atoms with van der Waals surface area (Å²) in [6, 6.07) is 12.7. The Labute approximate surface area is 201 Å². The normalized spacial score (nSPS) is 16.8. The highest BCUT2D eigenvalue weighted by molar-refractivity contribution is 7.81. The van der Waals surface area contributed by atoms with E-state index in [0.29, 0.717) is 12.4 Å². The Bertz CT molecular complexity index is 1180. The molecular formula is C23H22F3N5S2. The van der Waals surface area contributed by atoms with Crippen LogP contribution in [0.1, 0.15) is 37.5 Å². The third kappa shape index (κ3) is 4.56. The number of alkyl halides is 3. The molecule has 1 aliphatic heterocycles. The molecule has 0 spiro atoms. The van der Waals surface area contributed by atoms with Crippen LogP contribution in [0.25, 0.3) is 0 Å². The molecule has 1 aliphatic rings. The van der Waals surface area contributed by atoms with Crippen LogP contribution in [-0.2, 0) is 6.18 Å². The number of nitrogens with zero attached hydrogens (tertiary/aromatic N) is 4. The number of rotatable bonds is 3. The molecule has 2 aromatic rings. The standard InChI is InChI=1S/C23H22F3N5S2/c1-5-28-20(32)29-19-22(3,4)31(18-9-7-6-8-14(18)2)21(33)30(19)16-11-10-15(13-27)17(12-16)23(24,25)26/h6-12H,5H2,1-4H3,(H,28,32)/b29-19+. The van der Waals surface area contributed by atoms with Crippen molar-refractivity contribution in [3.8, 4) is 6.07 Å². The van der Waals surface area contributed by atoms with E-state index < -0.39 is 22.8 Å². The van der Waals surface area contributed by atoms with Crippen LogP contribution in [0, 0.1) is 18.3 Å². The first-order valence-electron chi connectivity index (χ1n) is 10.1. The number of hydrogen-bond donors (Lipinski definition) is 1. The van der Waals surface area contributed by atoms with Gasteiger partial charge in [0.15, 0.2) is 10.2 Å². The van der Waals surface area contributed by atoms with Crippen LogP contribution in [0.4, 0.5) is 24.5 Å². The number of aliphatic imine (C=N–C) groups is 1. The largest absolute Gasteiger partial charge is 0.417 e. The lowest BCUT2D eigenvalue weighted by atomic mass is 10.0. The van der Waals surface area contributed by atoms with Crippen molar-refractivity contribution in [3.63, 3.8) is 0 Å². The SMILES string of the molecule is CCNC(=S)/N=C1/N(c2ccc(C#N)c(C(F)(F)F)c2)C(=S)N(c2ccccc2C)C1(C)C. The Hall–Kier alpha value is -3.03. The maximum Gasteiger partial charge on any atom is 0.417 e. The minimum Gasteiger partial charge on any atom is -0.361 e. The van der Waals surface area contributed by atoms with Crippen LogP contribution in [0.2, 0.25) is 0 Å². The Morgan fingerprint density at radius 1 is 1.21 bits per heavy atom. The van der Waals surface area contributed by atoms with Crippen molar-refractivity contribution in [1.82, 2.24) is 5.32 Å². The van der Waals surface area contributed by atoms with Gasteiger partial charge in [-0.05, 0) is 82.0 Å². The van der Waals surface area contributed by atoms with Crippen molar-refractivity contribution >= 4 is 51.9 Å². The van der Waals surface area contributed by atoms with Gasteiger partial charge in [-0.3, -0.25) is 4.90 Å². The monoisotopic (exact) mass is 489 g/mol. The van der Waals surface area contributed by atoms with Gasteiger partial charge in [0.05, 0.1) is 22.9 Å². The number of hydrogen-bond acceptors (Lipinski definition) is 3. The second kappa shape index (κ2) is 9.08.